The molecule has 1 saturated heterocycles. The minimum absolute atomic E-state index is 0.203. The molecule has 26 heavy (non-hydrogen) atoms. The van der Waals surface area contributed by atoms with E-state index >= 15 is 0 Å². The van der Waals surface area contributed by atoms with Crippen molar-refractivity contribution in [2.75, 3.05) is 0 Å². The minimum atomic E-state index is -6.63. The van der Waals surface area contributed by atoms with Gasteiger partial charge in [0.1, 0.15) is 0 Å². The van der Waals surface area contributed by atoms with Crippen molar-refractivity contribution < 1.29 is 63.3 Å². The molecule has 0 bridgehead atoms. The summed E-state index contributed by atoms with van der Waals surface area (Å²) in [5, 5.41) is 9.06. The van der Waals surface area contributed by atoms with Crippen molar-refractivity contribution in [1.82, 2.24) is 0 Å². The van der Waals surface area contributed by atoms with Crippen LogP contribution in [-0.4, -0.2) is 53.3 Å². The zero-order valence-corrected chi connectivity index (χ0v) is 12.9. The van der Waals surface area contributed by atoms with Crippen molar-refractivity contribution in [2.45, 2.75) is 62.5 Å². The number of carbonyl (C=O) groups is 1. The van der Waals surface area contributed by atoms with E-state index in [4.69, 9.17) is 5.11 Å². The Kier molecular flexibility index (Phi) is 5.59. The third-order valence-corrected chi connectivity index (χ3v) is 3.70. The maximum atomic E-state index is 14.0. The first kappa shape index (κ1) is 22.7. The number of ether oxygens (including phenoxy) is 2. The molecule has 1 heterocycles. The van der Waals surface area contributed by atoms with Gasteiger partial charge in [0.2, 0.25) is 12.2 Å². The largest absolute Gasteiger partial charge is 0.449 e. The SMILES string of the molecule is CCC(C)C(=O)OC1C(F)(F)C(C(F)(F)F)OC(O)(C(F)(F)F)C1(F)F. The predicted octanol–water partition coefficient (Wildman–Crippen LogP) is 3.43. The van der Waals surface area contributed by atoms with Gasteiger partial charge >= 0.3 is 36.0 Å². The standard InChI is InChI=1S/C12H12F10O4/c1-3-4(2)5(23)25-6-8(13,14)7(10(17,18)19)26-11(24,9(6,15)16)12(20,21)22/h4,6-7,24H,3H2,1-2H3. The zero-order valence-electron chi connectivity index (χ0n) is 12.9. The number of carbonyl (C=O) groups excluding carboxylic acids is 1. The van der Waals surface area contributed by atoms with E-state index < -0.39 is 54.1 Å². The number of alkyl halides is 10. The Labute approximate surface area is 139 Å². The molecule has 1 aliphatic rings. The Morgan fingerprint density at radius 1 is 1.15 bits per heavy atom. The third-order valence-electron chi connectivity index (χ3n) is 3.70. The van der Waals surface area contributed by atoms with Crippen LogP contribution in [0.15, 0.2) is 0 Å². The van der Waals surface area contributed by atoms with Crippen LogP contribution >= 0.6 is 0 Å². The average molecular weight is 410 g/mol. The molecule has 1 aliphatic heterocycles. The van der Waals surface area contributed by atoms with Crippen molar-refractivity contribution in [1.29, 1.82) is 0 Å². The van der Waals surface area contributed by atoms with E-state index in [-0.39, 0.29) is 6.42 Å². The van der Waals surface area contributed by atoms with Gasteiger partial charge in [0, 0.05) is 0 Å². The van der Waals surface area contributed by atoms with E-state index in [1.54, 1.807) is 0 Å². The highest BCUT2D eigenvalue weighted by molar-refractivity contribution is 5.72. The summed E-state index contributed by atoms with van der Waals surface area (Å²) in [7, 11) is 0. The lowest BCUT2D eigenvalue weighted by Crippen LogP contribution is -2.78. The number of hydrogen-bond acceptors (Lipinski definition) is 4. The van der Waals surface area contributed by atoms with Crippen LogP contribution in [-0.2, 0) is 14.3 Å². The van der Waals surface area contributed by atoms with Gasteiger partial charge in [-0.25, -0.2) is 0 Å². The monoisotopic (exact) mass is 410 g/mol. The van der Waals surface area contributed by atoms with Gasteiger partial charge in [0.15, 0.2) is 0 Å². The van der Waals surface area contributed by atoms with Crippen molar-refractivity contribution >= 4 is 5.97 Å². The fourth-order valence-electron chi connectivity index (χ4n) is 1.98. The maximum Gasteiger partial charge on any atom is 0.449 e. The van der Waals surface area contributed by atoms with Crippen molar-refractivity contribution in [3.05, 3.63) is 0 Å². The molecule has 0 aromatic rings. The number of halogens is 10. The van der Waals surface area contributed by atoms with Gasteiger partial charge in [0.25, 0.3) is 0 Å². The van der Waals surface area contributed by atoms with Crippen LogP contribution in [0, 0.1) is 5.92 Å². The Bertz CT molecular complexity index is 543. The molecule has 0 radical (unpaired) electrons. The van der Waals surface area contributed by atoms with E-state index in [0.717, 1.165) is 6.92 Å². The molecule has 4 nitrogen and oxygen atoms in total. The molecule has 1 rings (SSSR count). The number of hydrogen-bond donors (Lipinski definition) is 1. The van der Waals surface area contributed by atoms with Crippen LogP contribution in [0.4, 0.5) is 43.9 Å². The first-order chi connectivity index (χ1) is 11.3. The molecular weight excluding hydrogens is 398 g/mol. The van der Waals surface area contributed by atoms with Gasteiger partial charge in [0.05, 0.1) is 5.92 Å². The van der Waals surface area contributed by atoms with E-state index in [1.165, 1.54) is 6.92 Å². The summed E-state index contributed by atoms with van der Waals surface area (Å²) in [6, 6.07) is 0. The van der Waals surface area contributed by atoms with Crippen molar-refractivity contribution in [2.24, 2.45) is 5.92 Å². The molecule has 0 amide bonds. The Hall–Kier alpha value is -1.31. The van der Waals surface area contributed by atoms with Gasteiger partial charge in [-0.1, -0.05) is 13.8 Å². The van der Waals surface area contributed by atoms with Crippen LogP contribution in [0.25, 0.3) is 0 Å². The van der Waals surface area contributed by atoms with Gasteiger partial charge in [-0.05, 0) is 6.42 Å². The second-order valence-electron chi connectivity index (χ2n) is 5.61. The van der Waals surface area contributed by atoms with Crippen molar-refractivity contribution in [3.63, 3.8) is 0 Å². The summed E-state index contributed by atoms with van der Waals surface area (Å²) in [5.74, 6) is -21.2. The first-order valence-electron chi connectivity index (χ1n) is 6.83. The van der Waals surface area contributed by atoms with Crippen molar-refractivity contribution in [3.8, 4) is 0 Å². The molecule has 0 aliphatic carbocycles. The Morgan fingerprint density at radius 2 is 1.62 bits per heavy atom. The fourth-order valence-corrected chi connectivity index (χ4v) is 1.98. The van der Waals surface area contributed by atoms with Crippen LogP contribution in [0.1, 0.15) is 20.3 Å². The van der Waals surface area contributed by atoms with Gasteiger partial charge in [-0.3, -0.25) is 4.79 Å². The summed E-state index contributed by atoms with van der Waals surface area (Å²) < 4.78 is 138. The molecular formula is C12H12F10O4. The van der Waals surface area contributed by atoms with E-state index in [2.05, 4.69) is 9.47 Å². The van der Waals surface area contributed by atoms with Gasteiger partial charge < -0.3 is 14.6 Å². The topological polar surface area (TPSA) is 55.8 Å². The van der Waals surface area contributed by atoms with Crippen LogP contribution in [0.5, 0.6) is 0 Å². The lowest BCUT2D eigenvalue weighted by atomic mass is 9.89. The zero-order chi connectivity index (χ0) is 20.9. The molecule has 14 heteroatoms. The molecule has 0 aromatic heterocycles. The predicted molar refractivity (Wildman–Crippen MR) is 61.2 cm³/mol. The second-order valence-corrected chi connectivity index (χ2v) is 5.61. The summed E-state index contributed by atoms with van der Waals surface area (Å²) in [5.41, 5.74) is 0. The fraction of sp³-hybridized carbons (Fsp3) is 0.917. The highest BCUT2D eigenvalue weighted by Gasteiger charge is 2.86. The normalized spacial score (nSPS) is 32.8. The minimum Gasteiger partial charge on any atom is -0.449 e. The molecule has 4 atom stereocenters. The summed E-state index contributed by atoms with van der Waals surface area (Å²) >= 11 is 0. The molecule has 1 fully saturated rings. The Morgan fingerprint density at radius 3 is 1.96 bits per heavy atom. The Balaban J connectivity index is 3.56. The molecule has 4 unspecified atom stereocenters. The van der Waals surface area contributed by atoms with Gasteiger partial charge in [-0.2, -0.15) is 43.9 Å². The number of esters is 1. The summed E-state index contributed by atoms with van der Waals surface area (Å²) in [4.78, 5) is 11.5. The van der Waals surface area contributed by atoms with E-state index in [1.807, 2.05) is 0 Å². The molecule has 1 N–H and O–H groups in total. The first-order valence-corrected chi connectivity index (χ1v) is 6.83. The quantitative estimate of drug-likeness (QED) is 0.573. The smallest absolute Gasteiger partial charge is 0.449 e. The van der Waals surface area contributed by atoms with Crippen LogP contribution < -0.4 is 0 Å². The molecule has 0 saturated carbocycles. The van der Waals surface area contributed by atoms with Gasteiger partial charge in [-0.15, -0.1) is 0 Å². The van der Waals surface area contributed by atoms with E-state index in [9.17, 15) is 48.7 Å². The molecule has 154 valence electrons. The highest BCUT2D eigenvalue weighted by atomic mass is 19.4. The third kappa shape index (κ3) is 3.44. The summed E-state index contributed by atoms with van der Waals surface area (Å²) in [6.45, 7) is 2.20. The van der Waals surface area contributed by atoms with E-state index in [0.29, 0.717) is 0 Å². The highest BCUT2D eigenvalue weighted by Crippen LogP contribution is 2.57. The maximum absolute atomic E-state index is 14.0. The second kappa shape index (κ2) is 6.39. The lowest BCUT2D eigenvalue weighted by Gasteiger charge is -2.49. The summed E-state index contributed by atoms with van der Waals surface area (Å²) in [6.07, 6.45) is -22.5. The molecule has 0 spiro atoms. The number of aliphatic hydroxyl groups is 1. The van der Waals surface area contributed by atoms with Crippen LogP contribution in [0.2, 0.25) is 0 Å². The number of rotatable bonds is 3. The molecule has 0 aromatic carbocycles. The van der Waals surface area contributed by atoms with Crippen LogP contribution in [0.3, 0.4) is 0 Å². The lowest BCUT2D eigenvalue weighted by molar-refractivity contribution is -0.513. The average Bonchev–Trinajstić information content (AvgIpc) is 2.44.